The van der Waals surface area contributed by atoms with E-state index in [2.05, 4.69) is 10.5 Å². The van der Waals surface area contributed by atoms with Crippen molar-refractivity contribution in [2.75, 3.05) is 0 Å². The number of amides is 3. The Balaban J connectivity index is 1.83. The third-order valence-corrected chi connectivity index (χ3v) is 4.50. The summed E-state index contributed by atoms with van der Waals surface area (Å²) in [6.07, 6.45) is 3.80. The highest BCUT2D eigenvalue weighted by Crippen LogP contribution is 2.38. The lowest BCUT2D eigenvalue weighted by molar-refractivity contribution is -0.134. The molecule has 0 bridgehead atoms. The molecule has 1 aromatic heterocycles. The van der Waals surface area contributed by atoms with Gasteiger partial charge < -0.3 is 9.84 Å². The zero-order valence-corrected chi connectivity index (χ0v) is 11.8. The fourth-order valence-electron chi connectivity index (χ4n) is 3.29. The molecule has 1 N–H and O–H groups in total. The lowest BCUT2D eigenvalue weighted by Gasteiger charge is -2.36. The number of nitrogens with zero attached hydrogens (tertiary/aromatic N) is 2. The lowest BCUT2D eigenvalue weighted by Crippen LogP contribution is -2.53. The first kappa shape index (κ1) is 13.1. The van der Waals surface area contributed by atoms with Crippen LogP contribution < -0.4 is 5.32 Å². The maximum absolute atomic E-state index is 12.7. The van der Waals surface area contributed by atoms with E-state index < -0.39 is 5.54 Å². The fraction of sp³-hybridized carbons (Fsp3) is 0.643. The molecule has 3 amide bonds. The Hall–Kier alpha value is -1.85. The predicted octanol–water partition coefficient (Wildman–Crippen LogP) is 1.98. The predicted molar refractivity (Wildman–Crippen MR) is 70.7 cm³/mol. The van der Waals surface area contributed by atoms with E-state index in [0.717, 1.165) is 25.7 Å². The van der Waals surface area contributed by atoms with Gasteiger partial charge in [0.05, 0.1) is 6.54 Å². The highest BCUT2D eigenvalue weighted by molar-refractivity contribution is 6.07. The number of carbonyl (C=O) groups is 2. The Labute approximate surface area is 117 Å². The summed E-state index contributed by atoms with van der Waals surface area (Å²) in [7, 11) is 0. The summed E-state index contributed by atoms with van der Waals surface area (Å²) in [4.78, 5) is 26.1. The van der Waals surface area contributed by atoms with Crippen molar-refractivity contribution in [2.45, 2.75) is 51.6 Å². The molecule has 2 atom stereocenters. The summed E-state index contributed by atoms with van der Waals surface area (Å²) in [6.45, 7) is 4.00. The second kappa shape index (κ2) is 4.61. The Morgan fingerprint density at radius 3 is 2.95 bits per heavy atom. The van der Waals surface area contributed by atoms with Crippen LogP contribution in [0.4, 0.5) is 4.79 Å². The van der Waals surface area contributed by atoms with Gasteiger partial charge in [-0.1, -0.05) is 24.9 Å². The van der Waals surface area contributed by atoms with Crippen LogP contribution in [-0.4, -0.2) is 27.5 Å². The largest absolute Gasteiger partial charge is 0.361 e. The minimum Gasteiger partial charge on any atom is -0.361 e. The van der Waals surface area contributed by atoms with E-state index in [9.17, 15) is 9.59 Å². The van der Waals surface area contributed by atoms with Crippen molar-refractivity contribution < 1.29 is 14.1 Å². The molecule has 1 aliphatic carbocycles. The van der Waals surface area contributed by atoms with Gasteiger partial charge in [-0.3, -0.25) is 9.69 Å². The molecule has 1 spiro atoms. The molecule has 1 saturated heterocycles. The highest BCUT2D eigenvalue weighted by atomic mass is 16.5. The molecular formula is C14H19N3O3. The zero-order valence-electron chi connectivity index (χ0n) is 11.8. The topological polar surface area (TPSA) is 75.4 Å². The molecule has 20 heavy (non-hydrogen) atoms. The van der Waals surface area contributed by atoms with Crippen molar-refractivity contribution >= 4 is 11.9 Å². The molecule has 1 saturated carbocycles. The van der Waals surface area contributed by atoms with Gasteiger partial charge in [-0.25, -0.2) is 4.79 Å². The van der Waals surface area contributed by atoms with Crippen LogP contribution in [-0.2, 0) is 11.3 Å². The van der Waals surface area contributed by atoms with Gasteiger partial charge in [0.2, 0.25) is 0 Å². The number of aromatic nitrogens is 1. The molecule has 0 radical (unpaired) electrons. The summed E-state index contributed by atoms with van der Waals surface area (Å²) >= 11 is 0. The maximum Gasteiger partial charge on any atom is 0.325 e. The van der Waals surface area contributed by atoms with E-state index in [0.29, 0.717) is 11.5 Å². The Morgan fingerprint density at radius 1 is 1.50 bits per heavy atom. The number of carbonyl (C=O) groups excluding carboxylic acids is 2. The second-order valence-corrected chi connectivity index (χ2v) is 5.87. The van der Waals surface area contributed by atoms with Gasteiger partial charge in [-0.05, 0) is 25.7 Å². The summed E-state index contributed by atoms with van der Waals surface area (Å²) in [5, 5.41) is 6.78. The van der Waals surface area contributed by atoms with E-state index >= 15 is 0 Å². The third kappa shape index (κ3) is 1.90. The zero-order chi connectivity index (χ0) is 14.3. The van der Waals surface area contributed by atoms with E-state index in [4.69, 9.17) is 4.52 Å². The molecular weight excluding hydrogens is 258 g/mol. The third-order valence-electron chi connectivity index (χ3n) is 4.50. The molecule has 2 aliphatic rings. The summed E-state index contributed by atoms with van der Waals surface area (Å²) < 4.78 is 4.98. The van der Waals surface area contributed by atoms with E-state index in [-0.39, 0.29) is 24.4 Å². The van der Waals surface area contributed by atoms with Crippen molar-refractivity contribution in [2.24, 2.45) is 5.92 Å². The van der Waals surface area contributed by atoms with Crippen LogP contribution in [0.15, 0.2) is 10.6 Å². The van der Waals surface area contributed by atoms with Crippen molar-refractivity contribution in [3.63, 3.8) is 0 Å². The van der Waals surface area contributed by atoms with Crippen LogP contribution in [0, 0.1) is 12.8 Å². The van der Waals surface area contributed by atoms with E-state index in [1.807, 2.05) is 6.92 Å². The van der Waals surface area contributed by atoms with Gasteiger partial charge in [-0.2, -0.15) is 0 Å². The molecule has 1 aromatic rings. The molecule has 0 unspecified atom stereocenters. The number of hydrogen-bond donors (Lipinski definition) is 1. The first-order valence-electron chi connectivity index (χ1n) is 7.09. The van der Waals surface area contributed by atoms with Crippen LogP contribution >= 0.6 is 0 Å². The van der Waals surface area contributed by atoms with Gasteiger partial charge in [0, 0.05) is 6.07 Å². The normalized spacial score (nSPS) is 30.1. The molecule has 6 heteroatoms. The first-order valence-corrected chi connectivity index (χ1v) is 7.09. The smallest absolute Gasteiger partial charge is 0.325 e. The van der Waals surface area contributed by atoms with Gasteiger partial charge in [0.1, 0.15) is 17.0 Å². The monoisotopic (exact) mass is 277 g/mol. The van der Waals surface area contributed by atoms with Crippen molar-refractivity contribution in [3.05, 3.63) is 17.5 Å². The van der Waals surface area contributed by atoms with Crippen molar-refractivity contribution in [1.29, 1.82) is 0 Å². The quantitative estimate of drug-likeness (QED) is 0.839. The number of rotatable bonds is 2. The SMILES string of the molecule is Cc1cc(CN2C(=O)N[C@]3(CCCC[C@@H]3C)C2=O)no1. The van der Waals surface area contributed by atoms with Crippen LogP contribution in [0.1, 0.15) is 44.1 Å². The average Bonchev–Trinajstić information content (AvgIpc) is 2.92. The van der Waals surface area contributed by atoms with Gasteiger partial charge >= 0.3 is 6.03 Å². The van der Waals surface area contributed by atoms with Crippen LogP contribution in [0.3, 0.4) is 0 Å². The lowest BCUT2D eigenvalue weighted by atomic mass is 9.73. The minimum absolute atomic E-state index is 0.115. The van der Waals surface area contributed by atoms with Gasteiger partial charge in [0.25, 0.3) is 5.91 Å². The fourth-order valence-corrected chi connectivity index (χ4v) is 3.29. The molecule has 2 fully saturated rings. The Kier molecular flexibility index (Phi) is 3.03. The molecule has 3 rings (SSSR count). The first-order chi connectivity index (χ1) is 9.53. The summed E-state index contributed by atoms with van der Waals surface area (Å²) in [5.74, 6) is 0.736. The van der Waals surface area contributed by atoms with Crippen molar-refractivity contribution in [3.8, 4) is 0 Å². The summed E-state index contributed by atoms with van der Waals surface area (Å²) in [6, 6.07) is 1.43. The number of hydrogen-bond acceptors (Lipinski definition) is 4. The van der Waals surface area contributed by atoms with Crippen molar-refractivity contribution in [1.82, 2.24) is 15.4 Å². The van der Waals surface area contributed by atoms with E-state index in [1.54, 1.807) is 13.0 Å². The molecule has 0 aromatic carbocycles. The number of imide groups is 1. The summed E-state index contributed by atoms with van der Waals surface area (Å²) in [5.41, 5.74) is -0.0970. The Morgan fingerprint density at radius 2 is 2.30 bits per heavy atom. The standard InChI is InChI=1S/C14H19N3O3/c1-9-5-3-4-6-14(9)12(18)17(13(19)15-14)8-11-7-10(2)20-16-11/h7,9H,3-6,8H2,1-2H3,(H,15,19)/t9-,14-/m0/s1. The van der Waals surface area contributed by atoms with Crippen LogP contribution in [0.25, 0.3) is 0 Å². The maximum atomic E-state index is 12.7. The number of urea groups is 1. The molecule has 6 nitrogen and oxygen atoms in total. The van der Waals surface area contributed by atoms with E-state index in [1.165, 1.54) is 4.90 Å². The van der Waals surface area contributed by atoms with Crippen LogP contribution in [0.5, 0.6) is 0 Å². The van der Waals surface area contributed by atoms with Gasteiger partial charge in [0.15, 0.2) is 0 Å². The average molecular weight is 277 g/mol. The minimum atomic E-state index is -0.700. The van der Waals surface area contributed by atoms with Crippen LogP contribution in [0.2, 0.25) is 0 Å². The molecule has 1 aliphatic heterocycles. The highest BCUT2D eigenvalue weighted by Gasteiger charge is 2.54. The molecule has 2 heterocycles. The van der Waals surface area contributed by atoms with Gasteiger partial charge in [-0.15, -0.1) is 0 Å². The molecule has 108 valence electrons. The number of aryl methyl sites for hydroxylation is 1. The number of nitrogens with one attached hydrogen (secondary N) is 1. The Bertz CT molecular complexity index is 554. The second-order valence-electron chi connectivity index (χ2n) is 5.87.